The van der Waals surface area contributed by atoms with Gasteiger partial charge in [0.2, 0.25) is 10.0 Å². The molecule has 0 aromatic heterocycles. The summed E-state index contributed by atoms with van der Waals surface area (Å²) in [6.07, 6.45) is 0. The van der Waals surface area contributed by atoms with Crippen LogP contribution in [0.15, 0.2) is 18.2 Å². The molecule has 1 saturated heterocycles. The van der Waals surface area contributed by atoms with E-state index in [9.17, 15) is 8.42 Å². The first kappa shape index (κ1) is 19.0. The molecule has 2 rings (SSSR count). The van der Waals surface area contributed by atoms with Gasteiger partial charge in [-0.3, -0.25) is 4.84 Å². The van der Waals surface area contributed by atoms with E-state index in [1.165, 1.54) is 0 Å². The predicted molar refractivity (Wildman–Crippen MR) is 91.6 cm³/mol. The number of methoxy groups -OCH3 is 2. The highest BCUT2D eigenvalue weighted by molar-refractivity contribution is 7.90. The fraction of sp³-hybridized carbons (Fsp3) is 0.625. The minimum atomic E-state index is -3.59. The zero-order valence-corrected chi connectivity index (χ0v) is 15.8. The minimum Gasteiger partial charge on any atom is -0.497 e. The average Bonchev–Trinajstić information content (AvgIpc) is 2.87. The Hall–Kier alpha value is -1.35. The predicted octanol–water partition coefficient (Wildman–Crippen LogP) is 1.71. The van der Waals surface area contributed by atoms with Crippen molar-refractivity contribution in [1.82, 2.24) is 9.79 Å². The Kier molecular flexibility index (Phi) is 5.44. The van der Waals surface area contributed by atoms with Crippen molar-refractivity contribution in [1.29, 1.82) is 0 Å². The number of ether oxygens (including phenoxy) is 2. The number of nitrogens with zero attached hydrogens (tertiary/aromatic N) is 1. The van der Waals surface area contributed by atoms with Crippen molar-refractivity contribution in [2.45, 2.75) is 37.6 Å². The summed E-state index contributed by atoms with van der Waals surface area (Å²) in [5.41, 5.74) is 0.201. The molecule has 0 saturated carbocycles. The molecular weight excluding hydrogens is 332 g/mol. The van der Waals surface area contributed by atoms with Gasteiger partial charge < -0.3 is 9.47 Å². The van der Waals surface area contributed by atoms with Crippen molar-refractivity contribution in [3.8, 4) is 11.5 Å². The molecule has 0 unspecified atom stereocenters. The molecule has 8 heteroatoms. The maximum atomic E-state index is 12.8. The number of hydrogen-bond acceptors (Lipinski definition) is 6. The van der Waals surface area contributed by atoms with E-state index in [4.69, 9.17) is 14.3 Å². The second-order valence-corrected chi connectivity index (χ2v) is 8.77. The van der Waals surface area contributed by atoms with Crippen LogP contribution in [-0.2, 0) is 14.9 Å². The van der Waals surface area contributed by atoms with Gasteiger partial charge in [0.1, 0.15) is 16.7 Å². The van der Waals surface area contributed by atoms with Crippen LogP contribution in [0.1, 0.15) is 32.4 Å². The maximum absolute atomic E-state index is 12.8. The van der Waals surface area contributed by atoms with Crippen molar-refractivity contribution >= 4 is 10.0 Å². The lowest BCUT2D eigenvalue weighted by molar-refractivity contribution is -0.110. The molecule has 0 radical (unpaired) electrons. The van der Waals surface area contributed by atoms with Gasteiger partial charge in [0.05, 0.1) is 26.9 Å². The molecule has 24 heavy (non-hydrogen) atoms. The summed E-state index contributed by atoms with van der Waals surface area (Å²) in [5.74, 6) is 1.20. The molecule has 0 amide bonds. The number of rotatable bonds is 5. The maximum Gasteiger partial charge on any atom is 0.219 e. The first-order valence-corrected chi connectivity index (χ1v) is 9.23. The summed E-state index contributed by atoms with van der Waals surface area (Å²) in [7, 11) is 1.26. The summed E-state index contributed by atoms with van der Waals surface area (Å²) >= 11 is 0. The van der Waals surface area contributed by atoms with Crippen molar-refractivity contribution in [3.05, 3.63) is 23.8 Å². The minimum absolute atomic E-state index is 0.0894. The van der Waals surface area contributed by atoms with Crippen LogP contribution in [0.2, 0.25) is 0 Å². The monoisotopic (exact) mass is 358 g/mol. The molecule has 1 fully saturated rings. The summed E-state index contributed by atoms with van der Waals surface area (Å²) in [4.78, 5) is 5.51. The number of hydrogen-bond donors (Lipinski definition) is 1. The van der Waals surface area contributed by atoms with Crippen LogP contribution < -0.4 is 14.2 Å². The third-order valence-electron chi connectivity index (χ3n) is 3.75. The van der Waals surface area contributed by atoms with Crippen molar-refractivity contribution in [2.24, 2.45) is 0 Å². The van der Waals surface area contributed by atoms with E-state index < -0.39 is 26.9 Å². The Morgan fingerprint density at radius 2 is 1.71 bits per heavy atom. The first-order chi connectivity index (χ1) is 11.1. The molecule has 2 atom stereocenters. The quantitative estimate of drug-likeness (QED) is 0.863. The lowest BCUT2D eigenvalue weighted by Gasteiger charge is -2.27. The Bertz CT molecular complexity index is 662. The van der Waals surface area contributed by atoms with Gasteiger partial charge in [0.25, 0.3) is 0 Å². The van der Waals surface area contributed by atoms with Crippen molar-refractivity contribution < 1.29 is 22.7 Å². The molecule has 1 aromatic rings. The zero-order valence-electron chi connectivity index (χ0n) is 15.0. The Balaban J connectivity index is 2.43. The van der Waals surface area contributed by atoms with Gasteiger partial charge >= 0.3 is 0 Å². The van der Waals surface area contributed by atoms with Crippen LogP contribution in [0.3, 0.4) is 0 Å². The molecular formula is C16H26N2O5S. The van der Waals surface area contributed by atoms with Crippen LogP contribution in [0.5, 0.6) is 11.5 Å². The van der Waals surface area contributed by atoms with E-state index in [2.05, 4.69) is 4.72 Å². The zero-order chi connectivity index (χ0) is 18.1. The Morgan fingerprint density at radius 3 is 2.17 bits per heavy atom. The highest BCUT2D eigenvalue weighted by atomic mass is 32.2. The number of benzene rings is 1. The second kappa shape index (κ2) is 6.87. The van der Waals surface area contributed by atoms with Gasteiger partial charge in [0.15, 0.2) is 0 Å². The summed E-state index contributed by atoms with van der Waals surface area (Å²) < 4.78 is 38.9. The number of sulfonamides is 1. The van der Waals surface area contributed by atoms with E-state index in [1.807, 2.05) is 20.8 Å². The van der Waals surface area contributed by atoms with Crippen LogP contribution >= 0.6 is 0 Å². The molecule has 1 aliphatic rings. The molecule has 1 heterocycles. The number of nitrogens with one attached hydrogen (secondary N) is 1. The van der Waals surface area contributed by atoms with Gasteiger partial charge in [0, 0.05) is 18.7 Å². The van der Waals surface area contributed by atoms with E-state index >= 15 is 0 Å². The molecule has 1 N–H and O–H groups in total. The van der Waals surface area contributed by atoms with E-state index in [1.54, 1.807) is 44.5 Å². The molecule has 136 valence electrons. The third kappa shape index (κ3) is 4.18. The third-order valence-corrected chi connectivity index (χ3v) is 5.84. The van der Waals surface area contributed by atoms with Crippen LogP contribution in [-0.4, -0.2) is 52.1 Å². The van der Waals surface area contributed by atoms with Gasteiger partial charge in [-0.15, -0.1) is 0 Å². The van der Waals surface area contributed by atoms with Crippen LogP contribution in [0, 0.1) is 0 Å². The fourth-order valence-electron chi connectivity index (χ4n) is 2.78. The summed E-state index contributed by atoms with van der Waals surface area (Å²) in [6, 6.07) is 4.89. The highest BCUT2D eigenvalue weighted by Gasteiger charge is 2.44. The smallest absolute Gasteiger partial charge is 0.219 e. The first-order valence-electron chi connectivity index (χ1n) is 7.69. The number of hydroxylamine groups is 2. The van der Waals surface area contributed by atoms with Crippen LogP contribution in [0.25, 0.3) is 0 Å². The standard InChI is InChI=1S/C16H26N2O5S/c1-16(2,3)17-24(19,20)14-10-23-18(4)15(14)11-7-12(21-5)9-13(8-11)22-6/h7-9,14-15,17H,10H2,1-6H3/t14-,15-/m0/s1. The molecule has 1 aromatic carbocycles. The summed E-state index contributed by atoms with van der Waals surface area (Å²) in [5, 5.41) is 0.833. The Labute approximate surface area is 143 Å². The normalized spacial score (nSPS) is 22.6. The van der Waals surface area contributed by atoms with Crippen LogP contribution in [0.4, 0.5) is 0 Å². The molecule has 0 bridgehead atoms. The van der Waals surface area contributed by atoms with Gasteiger partial charge in [-0.25, -0.2) is 13.1 Å². The highest BCUT2D eigenvalue weighted by Crippen LogP contribution is 2.37. The molecule has 0 spiro atoms. The van der Waals surface area contributed by atoms with E-state index in [0.29, 0.717) is 11.5 Å². The lowest BCUT2D eigenvalue weighted by Crippen LogP contribution is -2.47. The Morgan fingerprint density at radius 1 is 1.17 bits per heavy atom. The SMILES string of the molecule is COc1cc(OC)cc([C@H]2[C@@H](S(=O)(=O)NC(C)(C)C)CON2C)c1. The van der Waals surface area contributed by atoms with E-state index in [-0.39, 0.29) is 6.61 Å². The van der Waals surface area contributed by atoms with Gasteiger partial charge in [-0.05, 0) is 38.5 Å². The molecule has 1 aliphatic heterocycles. The van der Waals surface area contributed by atoms with Crippen molar-refractivity contribution in [2.75, 3.05) is 27.9 Å². The van der Waals surface area contributed by atoms with Crippen molar-refractivity contribution in [3.63, 3.8) is 0 Å². The van der Waals surface area contributed by atoms with E-state index in [0.717, 1.165) is 5.56 Å². The topological polar surface area (TPSA) is 77.1 Å². The summed E-state index contributed by atoms with van der Waals surface area (Å²) in [6.45, 7) is 5.53. The lowest BCUT2D eigenvalue weighted by atomic mass is 10.0. The molecule has 0 aliphatic carbocycles. The fourth-order valence-corrected chi connectivity index (χ4v) is 4.70. The van der Waals surface area contributed by atoms with Gasteiger partial charge in [-0.2, -0.15) is 5.06 Å². The second-order valence-electron chi connectivity index (χ2n) is 6.87. The average molecular weight is 358 g/mol. The van der Waals surface area contributed by atoms with Gasteiger partial charge in [-0.1, -0.05) is 0 Å². The largest absolute Gasteiger partial charge is 0.497 e. The molecule has 7 nitrogen and oxygen atoms in total.